The van der Waals surface area contributed by atoms with E-state index in [1.165, 1.54) is 0 Å². The van der Waals surface area contributed by atoms with E-state index in [1.807, 2.05) is 44.2 Å². The van der Waals surface area contributed by atoms with Crippen LogP contribution < -0.4 is 0 Å². The molecular weight excluding hydrogens is 240 g/mol. The third kappa shape index (κ3) is 2.79. The first kappa shape index (κ1) is 13.6. The number of benzene rings is 1. The fourth-order valence-electron chi connectivity index (χ4n) is 2.15. The van der Waals surface area contributed by atoms with E-state index in [2.05, 4.69) is 10.2 Å². The number of carbonyl (C=O) groups is 1. The van der Waals surface area contributed by atoms with Crippen molar-refractivity contribution in [2.45, 2.75) is 38.9 Å². The second kappa shape index (κ2) is 4.70. The Bertz CT molecular complexity index is 543. The number of nitrogens with zero attached hydrogens (tertiary/aromatic N) is 2. The van der Waals surface area contributed by atoms with Gasteiger partial charge in [-0.1, -0.05) is 30.3 Å². The van der Waals surface area contributed by atoms with Crippen molar-refractivity contribution in [2.24, 2.45) is 10.2 Å². The minimum atomic E-state index is -0.829. The molecule has 1 aromatic rings. The highest BCUT2D eigenvalue weighted by Crippen LogP contribution is 2.32. The van der Waals surface area contributed by atoms with E-state index in [1.54, 1.807) is 20.1 Å². The SMILES string of the molecule is CC1(C)OC(C)(C)C(=NN=Cc2ccccc2)C1=O. The van der Waals surface area contributed by atoms with Crippen molar-refractivity contribution in [3.8, 4) is 0 Å². The van der Waals surface area contributed by atoms with Crippen LogP contribution in [0.2, 0.25) is 0 Å². The van der Waals surface area contributed by atoms with Crippen LogP contribution in [-0.4, -0.2) is 28.9 Å². The van der Waals surface area contributed by atoms with Gasteiger partial charge in [0, 0.05) is 0 Å². The van der Waals surface area contributed by atoms with Crippen molar-refractivity contribution in [3.05, 3.63) is 35.9 Å². The second-order valence-electron chi connectivity index (χ2n) is 5.56. The molecule has 1 heterocycles. The van der Waals surface area contributed by atoms with Gasteiger partial charge in [-0.25, -0.2) is 0 Å². The Kier molecular flexibility index (Phi) is 3.37. The summed E-state index contributed by atoms with van der Waals surface area (Å²) in [6.45, 7) is 7.16. The van der Waals surface area contributed by atoms with Crippen molar-refractivity contribution >= 4 is 17.7 Å². The predicted octanol–water partition coefficient (Wildman–Crippen LogP) is 2.62. The predicted molar refractivity (Wildman–Crippen MR) is 75.7 cm³/mol. The van der Waals surface area contributed by atoms with Gasteiger partial charge in [0.1, 0.15) is 16.9 Å². The zero-order chi connectivity index (χ0) is 14.1. The third-order valence-corrected chi connectivity index (χ3v) is 3.01. The molecule has 4 nitrogen and oxygen atoms in total. The summed E-state index contributed by atoms with van der Waals surface area (Å²) in [5.74, 6) is -0.109. The first-order valence-electron chi connectivity index (χ1n) is 6.24. The maximum Gasteiger partial charge on any atom is 0.213 e. The average Bonchev–Trinajstić information content (AvgIpc) is 2.48. The van der Waals surface area contributed by atoms with Crippen molar-refractivity contribution < 1.29 is 9.53 Å². The van der Waals surface area contributed by atoms with Crippen molar-refractivity contribution in [1.29, 1.82) is 0 Å². The maximum atomic E-state index is 12.2. The van der Waals surface area contributed by atoms with Crippen molar-refractivity contribution in [3.63, 3.8) is 0 Å². The smallest absolute Gasteiger partial charge is 0.213 e. The molecule has 1 aliphatic rings. The van der Waals surface area contributed by atoms with Gasteiger partial charge in [0.25, 0.3) is 0 Å². The van der Waals surface area contributed by atoms with E-state index in [4.69, 9.17) is 4.74 Å². The number of rotatable bonds is 2. The van der Waals surface area contributed by atoms with Crippen molar-refractivity contribution in [2.75, 3.05) is 0 Å². The summed E-state index contributed by atoms with van der Waals surface area (Å²) in [5, 5.41) is 8.06. The molecule has 0 saturated carbocycles. The van der Waals surface area contributed by atoms with Crippen LogP contribution in [0.25, 0.3) is 0 Å². The Hall–Kier alpha value is -1.81. The summed E-state index contributed by atoms with van der Waals surface area (Å²) in [6.07, 6.45) is 1.63. The minimum absolute atomic E-state index is 0.109. The number of hydrogen-bond acceptors (Lipinski definition) is 4. The van der Waals surface area contributed by atoms with Gasteiger partial charge in [0.2, 0.25) is 5.78 Å². The molecule has 100 valence electrons. The average molecular weight is 258 g/mol. The molecule has 1 aliphatic heterocycles. The van der Waals surface area contributed by atoms with Crippen LogP contribution in [0.4, 0.5) is 0 Å². The van der Waals surface area contributed by atoms with E-state index < -0.39 is 11.2 Å². The van der Waals surface area contributed by atoms with Gasteiger partial charge in [-0.3, -0.25) is 4.79 Å². The maximum absolute atomic E-state index is 12.2. The lowest BCUT2D eigenvalue weighted by molar-refractivity contribution is -0.131. The highest BCUT2D eigenvalue weighted by atomic mass is 16.5. The molecule has 4 heteroatoms. The number of ketones is 1. The third-order valence-electron chi connectivity index (χ3n) is 3.01. The van der Waals surface area contributed by atoms with Gasteiger partial charge < -0.3 is 4.74 Å². The van der Waals surface area contributed by atoms with E-state index in [0.29, 0.717) is 5.71 Å². The Balaban J connectivity index is 2.24. The van der Waals surface area contributed by atoms with Gasteiger partial charge in [-0.15, -0.1) is 5.10 Å². The molecule has 0 amide bonds. The number of hydrogen-bond donors (Lipinski definition) is 0. The Labute approximate surface area is 113 Å². The fourth-order valence-corrected chi connectivity index (χ4v) is 2.15. The minimum Gasteiger partial charge on any atom is -0.355 e. The van der Waals surface area contributed by atoms with Crippen LogP contribution in [-0.2, 0) is 9.53 Å². The fraction of sp³-hybridized carbons (Fsp3) is 0.400. The van der Waals surface area contributed by atoms with Gasteiger partial charge in [0.15, 0.2) is 0 Å². The molecule has 1 saturated heterocycles. The number of ether oxygens (including phenoxy) is 1. The molecule has 2 rings (SSSR count). The van der Waals surface area contributed by atoms with Crippen molar-refractivity contribution in [1.82, 2.24) is 0 Å². The highest BCUT2D eigenvalue weighted by molar-refractivity contribution is 6.47. The van der Waals surface area contributed by atoms with Crippen LogP contribution >= 0.6 is 0 Å². The van der Waals surface area contributed by atoms with Gasteiger partial charge in [-0.05, 0) is 33.3 Å². The molecule has 0 radical (unpaired) electrons. The Morgan fingerprint density at radius 1 is 1.05 bits per heavy atom. The van der Waals surface area contributed by atoms with Crippen LogP contribution in [0.3, 0.4) is 0 Å². The van der Waals surface area contributed by atoms with E-state index in [0.717, 1.165) is 5.56 Å². The van der Waals surface area contributed by atoms with E-state index in [-0.39, 0.29) is 5.78 Å². The zero-order valence-electron chi connectivity index (χ0n) is 11.7. The summed E-state index contributed by atoms with van der Waals surface area (Å²) >= 11 is 0. The molecule has 0 N–H and O–H groups in total. The Morgan fingerprint density at radius 2 is 1.68 bits per heavy atom. The first-order valence-corrected chi connectivity index (χ1v) is 6.24. The molecule has 0 aliphatic carbocycles. The lowest BCUT2D eigenvalue weighted by Crippen LogP contribution is -2.30. The molecule has 0 unspecified atom stereocenters. The Morgan fingerprint density at radius 3 is 2.21 bits per heavy atom. The van der Waals surface area contributed by atoms with Gasteiger partial charge >= 0.3 is 0 Å². The largest absolute Gasteiger partial charge is 0.355 e. The highest BCUT2D eigenvalue weighted by Gasteiger charge is 2.51. The molecule has 0 spiro atoms. The number of Topliss-reactive ketones (excluding diaryl/α,β-unsaturated/α-hetero) is 1. The molecule has 0 aromatic heterocycles. The molecule has 0 bridgehead atoms. The molecular formula is C15H18N2O2. The quantitative estimate of drug-likeness (QED) is 0.605. The van der Waals surface area contributed by atoms with Crippen LogP contribution in [0.15, 0.2) is 40.5 Å². The van der Waals surface area contributed by atoms with Gasteiger partial charge in [0.05, 0.1) is 6.21 Å². The van der Waals surface area contributed by atoms with Crippen LogP contribution in [0, 0.1) is 0 Å². The molecule has 0 atom stereocenters. The summed E-state index contributed by atoms with van der Waals surface area (Å²) in [5.41, 5.74) is -0.223. The molecule has 1 fully saturated rings. The van der Waals surface area contributed by atoms with E-state index in [9.17, 15) is 4.79 Å². The van der Waals surface area contributed by atoms with Gasteiger partial charge in [-0.2, -0.15) is 5.10 Å². The standard InChI is InChI=1S/C15H18N2O2/c1-14(2)12(13(18)15(3,4)19-14)17-16-10-11-8-6-5-7-9-11/h5-10H,1-4H3. The lowest BCUT2D eigenvalue weighted by Gasteiger charge is -2.20. The first-order chi connectivity index (χ1) is 8.83. The van der Waals surface area contributed by atoms with E-state index >= 15 is 0 Å². The molecule has 19 heavy (non-hydrogen) atoms. The lowest BCUT2D eigenvalue weighted by atomic mass is 9.97. The van der Waals surface area contributed by atoms with Crippen LogP contribution in [0.5, 0.6) is 0 Å². The summed E-state index contributed by atoms with van der Waals surface area (Å²) < 4.78 is 5.71. The molecule has 1 aromatic carbocycles. The summed E-state index contributed by atoms with van der Waals surface area (Å²) in [6, 6.07) is 9.62. The zero-order valence-corrected chi connectivity index (χ0v) is 11.7. The topological polar surface area (TPSA) is 51.0 Å². The second-order valence-corrected chi connectivity index (χ2v) is 5.56. The summed E-state index contributed by atoms with van der Waals surface area (Å²) in [4.78, 5) is 12.2. The number of carbonyl (C=O) groups excluding carboxylic acids is 1. The summed E-state index contributed by atoms with van der Waals surface area (Å²) in [7, 11) is 0. The van der Waals surface area contributed by atoms with Crippen LogP contribution in [0.1, 0.15) is 33.3 Å². The normalized spacial score (nSPS) is 23.4. The monoisotopic (exact) mass is 258 g/mol.